The summed E-state index contributed by atoms with van der Waals surface area (Å²) in [6.45, 7) is 7.29. The normalized spacial score (nSPS) is 19.2. The van der Waals surface area contributed by atoms with Crippen LogP contribution in [0.1, 0.15) is 26.7 Å². The molecule has 1 fully saturated rings. The molecule has 2 rings (SSSR count). The molecular formula is C16H23Cl2N3O. The fraction of sp³-hybridized carbons (Fsp3) is 0.562. The van der Waals surface area contributed by atoms with Crippen LogP contribution in [0.5, 0.6) is 0 Å². The van der Waals surface area contributed by atoms with E-state index in [1.807, 2.05) is 0 Å². The minimum absolute atomic E-state index is 0.245. The number of hydrogen-bond acceptors (Lipinski definition) is 2. The lowest BCUT2D eigenvalue weighted by Gasteiger charge is -2.35. The summed E-state index contributed by atoms with van der Waals surface area (Å²) >= 11 is 11.9. The maximum atomic E-state index is 12.0. The number of halogens is 2. The van der Waals surface area contributed by atoms with Gasteiger partial charge in [-0.2, -0.15) is 0 Å². The highest BCUT2D eigenvalue weighted by Gasteiger charge is 2.21. The van der Waals surface area contributed by atoms with E-state index in [0.717, 1.165) is 19.5 Å². The van der Waals surface area contributed by atoms with Crippen molar-refractivity contribution >= 4 is 34.9 Å². The van der Waals surface area contributed by atoms with Crippen LogP contribution in [0.25, 0.3) is 0 Å². The lowest BCUT2D eigenvalue weighted by molar-refractivity contribution is 0.139. The Balaban J connectivity index is 1.81. The molecule has 122 valence electrons. The Hall–Kier alpha value is -0.970. The van der Waals surface area contributed by atoms with Gasteiger partial charge in [-0.15, -0.1) is 0 Å². The molecule has 1 atom stereocenters. The van der Waals surface area contributed by atoms with Crippen LogP contribution >= 0.6 is 23.2 Å². The topological polar surface area (TPSA) is 44.4 Å². The van der Waals surface area contributed by atoms with Crippen molar-refractivity contribution < 1.29 is 4.79 Å². The van der Waals surface area contributed by atoms with Crippen LogP contribution in [0.2, 0.25) is 10.0 Å². The molecule has 1 saturated heterocycles. The fourth-order valence-electron chi connectivity index (χ4n) is 2.73. The zero-order chi connectivity index (χ0) is 16.1. The minimum atomic E-state index is -0.245. The number of carbonyl (C=O) groups excluding carboxylic acids is 1. The Kier molecular flexibility index (Phi) is 6.36. The smallest absolute Gasteiger partial charge is 0.319 e. The maximum absolute atomic E-state index is 12.0. The van der Waals surface area contributed by atoms with Crippen molar-refractivity contribution in [1.29, 1.82) is 0 Å². The minimum Gasteiger partial charge on any atom is -0.338 e. The van der Waals surface area contributed by atoms with Crippen LogP contribution in [-0.2, 0) is 0 Å². The lowest BCUT2D eigenvalue weighted by Crippen LogP contribution is -2.44. The summed E-state index contributed by atoms with van der Waals surface area (Å²) in [5.74, 6) is 0.497. The second-order valence-corrected chi connectivity index (χ2v) is 6.90. The molecule has 1 heterocycles. The maximum Gasteiger partial charge on any atom is 0.319 e. The Morgan fingerprint density at radius 3 is 2.91 bits per heavy atom. The summed E-state index contributed by atoms with van der Waals surface area (Å²) in [5.41, 5.74) is 0.527. The van der Waals surface area contributed by atoms with Gasteiger partial charge in [-0.3, -0.25) is 0 Å². The van der Waals surface area contributed by atoms with Crippen LogP contribution in [0.4, 0.5) is 10.5 Å². The first kappa shape index (κ1) is 17.4. The first-order chi connectivity index (χ1) is 10.5. The summed E-state index contributed by atoms with van der Waals surface area (Å²) in [6, 6.07) is 5.31. The second kappa shape index (κ2) is 8.04. The number of nitrogens with one attached hydrogen (secondary N) is 2. The van der Waals surface area contributed by atoms with Gasteiger partial charge in [0, 0.05) is 24.2 Å². The largest absolute Gasteiger partial charge is 0.338 e. The van der Waals surface area contributed by atoms with Crippen LogP contribution in [-0.4, -0.2) is 36.6 Å². The number of carbonyl (C=O) groups is 1. The van der Waals surface area contributed by atoms with Crippen molar-refractivity contribution in [1.82, 2.24) is 10.2 Å². The number of benzene rings is 1. The number of piperidine rings is 1. The summed E-state index contributed by atoms with van der Waals surface area (Å²) in [5, 5.41) is 6.69. The molecule has 0 spiro atoms. The van der Waals surface area contributed by atoms with Crippen molar-refractivity contribution in [3.05, 3.63) is 28.2 Å². The average molecular weight is 344 g/mol. The van der Waals surface area contributed by atoms with E-state index in [2.05, 4.69) is 29.4 Å². The molecule has 1 unspecified atom stereocenters. The third-order valence-corrected chi connectivity index (χ3v) is 4.57. The number of amides is 2. The van der Waals surface area contributed by atoms with Crippen molar-refractivity contribution in [3.8, 4) is 0 Å². The molecule has 22 heavy (non-hydrogen) atoms. The Bertz CT molecular complexity index is 522. The first-order valence-electron chi connectivity index (χ1n) is 7.69. The van der Waals surface area contributed by atoms with E-state index >= 15 is 0 Å². The molecule has 0 bridgehead atoms. The molecule has 0 radical (unpaired) electrons. The number of hydrogen-bond donors (Lipinski definition) is 2. The Morgan fingerprint density at radius 1 is 1.41 bits per heavy atom. The predicted molar refractivity (Wildman–Crippen MR) is 92.9 cm³/mol. The van der Waals surface area contributed by atoms with Gasteiger partial charge < -0.3 is 15.5 Å². The van der Waals surface area contributed by atoms with Gasteiger partial charge in [0.2, 0.25) is 0 Å². The number of nitrogens with zero attached hydrogens (tertiary/aromatic N) is 1. The summed E-state index contributed by atoms with van der Waals surface area (Å²) in [6.07, 6.45) is 2.34. The van der Waals surface area contributed by atoms with E-state index in [1.165, 1.54) is 6.42 Å². The van der Waals surface area contributed by atoms with Gasteiger partial charge in [0.05, 0.1) is 10.7 Å². The number of urea groups is 1. The predicted octanol–water partition coefficient (Wildman–Crippen LogP) is 4.24. The molecule has 1 aliphatic rings. The number of rotatable bonds is 4. The van der Waals surface area contributed by atoms with Gasteiger partial charge in [0.15, 0.2) is 0 Å². The van der Waals surface area contributed by atoms with Crippen LogP contribution in [0, 0.1) is 5.92 Å². The van der Waals surface area contributed by atoms with Crippen LogP contribution in [0.3, 0.4) is 0 Å². The van der Waals surface area contributed by atoms with E-state index in [4.69, 9.17) is 23.2 Å². The molecular weight excluding hydrogens is 321 g/mol. The molecule has 2 N–H and O–H groups in total. The van der Waals surface area contributed by atoms with Crippen molar-refractivity contribution in [2.45, 2.75) is 32.7 Å². The number of likely N-dealkylation sites (tertiary alicyclic amines) is 1. The Labute approximate surface area is 142 Å². The molecule has 1 aliphatic heterocycles. The van der Waals surface area contributed by atoms with Gasteiger partial charge in [0.25, 0.3) is 0 Å². The summed E-state index contributed by atoms with van der Waals surface area (Å²) < 4.78 is 0. The third kappa shape index (κ3) is 5.04. The average Bonchev–Trinajstić information content (AvgIpc) is 2.49. The van der Waals surface area contributed by atoms with Crippen molar-refractivity contribution in [3.63, 3.8) is 0 Å². The van der Waals surface area contributed by atoms with E-state index in [-0.39, 0.29) is 6.03 Å². The van der Waals surface area contributed by atoms with Crippen molar-refractivity contribution in [2.24, 2.45) is 5.92 Å². The number of anilines is 1. The monoisotopic (exact) mass is 343 g/mol. The van der Waals surface area contributed by atoms with Crippen LogP contribution < -0.4 is 10.6 Å². The summed E-state index contributed by atoms with van der Waals surface area (Å²) in [4.78, 5) is 14.5. The Morgan fingerprint density at radius 2 is 2.18 bits per heavy atom. The zero-order valence-electron chi connectivity index (χ0n) is 13.0. The van der Waals surface area contributed by atoms with Crippen molar-refractivity contribution in [2.75, 3.05) is 25.0 Å². The lowest BCUT2D eigenvalue weighted by atomic mass is 9.97. The van der Waals surface area contributed by atoms with E-state index in [1.54, 1.807) is 18.2 Å². The molecule has 1 aromatic carbocycles. The molecule has 6 heteroatoms. The highest BCUT2D eigenvalue weighted by molar-refractivity contribution is 6.35. The highest BCUT2D eigenvalue weighted by Crippen LogP contribution is 2.25. The van der Waals surface area contributed by atoms with E-state index in [0.29, 0.717) is 34.2 Å². The second-order valence-electron chi connectivity index (χ2n) is 6.06. The van der Waals surface area contributed by atoms with Gasteiger partial charge in [-0.05, 0) is 57.4 Å². The zero-order valence-corrected chi connectivity index (χ0v) is 14.5. The molecule has 2 amide bonds. The van der Waals surface area contributed by atoms with Gasteiger partial charge in [-0.25, -0.2) is 4.79 Å². The summed E-state index contributed by atoms with van der Waals surface area (Å²) in [7, 11) is 0. The molecule has 1 aromatic rings. The SMILES string of the molecule is CC(C)N1CCCC(CNC(=O)Nc2cc(Cl)ccc2Cl)C1. The molecule has 0 saturated carbocycles. The quantitative estimate of drug-likeness (QED) is 0.858. The molecule has 4 nitrogen and oxygen atoms in total. The highest BCUT2D eigenvalue weighted by atomic mass is 35.5. The van der Waals surface area contributed by atoms with E-state index in [9.17, 15) is 4.79 Å². The van der Waals surface area contributed by atoms with Gasteiger partial charge >= 0.3 is 6.03 Å². The standard InChI is InChI=1S/C16H23Cl2N3O/c1-11(2)21-7-3-4-12(10-21)9-19-16(22)20-15-8-13(17)5-6-14(15)18/h5-6,8,11-12H,3-4,7,9-10H2,1-2H3,(H2,19,20,22). The fourth-order valence-corrected chi connectivity index (χ4v) is 3.07. The van der Waals surface area contributed by atoms with Gasteiger partial charge in [-0.1, -0.05) is 23.2 Å². The first-order valence-corrected chi connectivity index (χ1v) is 8.45. The molecule has 0 aromatic heterocycles. The van der Waals surface area contributed by atoms with Gasteiger partial charge in [0.1, 0.15) is 0 Å². The molecule has 0 aliphatic carbocycles. The third-order valence-electron chi connectivity index (χ3n) is 4.01. The van der Waals surface area contributed by atoms with E-state index < -0.39 is 0 Å². The van der Waals surface area contributed by atoms with Crippen LogP contribution in [0.15, 0.2) is 18.2 Å².